The summed E-state index contributed by atoms with van der Waals surface area (Å²) in [5.74, 6) is 2.39. The van der Waals surface area contributed by atoms with Gasteiger partial charge in [0.05, 0.1) is 6.61 Å². The van der Waals surface area contributed by atoms with Crippen LogP contribution in [0.1, 0.15) is 32.3 Å². The third kappa shape index (κ3) is 5.29. The number of hydrogen-bond acceptors (Lipinski definition) is 4. The zero-order chi connectivity index (χ0) is 15.1. The number of pyridine rings is 1. The molecule has 2 rings (SSSR count). The standard InChI is InChI=1S/C17H29N3O/c1-14(2)10-18-11-16-7-4-8-19-17(16)20(3)12-15-6-5-9-21-13-15/h4,7-8,14-15,18H,5-6,9-13H2,1-3H3. The van der Waals surface area contributed by atoms with Crippen LogP contribution in [0.4, 0.5) is 5.82 Å². The van der Waals surface area contributed by atoms with Crippen molar-refractivity contribution in [1.29, 1.82) is 0 Å². The highest BCUT2D eigenvalue weighted by molar-refractivity contribution is 5.46. The Balaban J connectivity index is 1.93. The van der Waals surface area contributed by atoms with E-state index >= 15 is 0 Å². The monoisotopic (exact) mass is 291 g/mol. The summed E-state index contributed by atoms with van der Waals surface area (Å²) in [6.07, 6.45) is 4.33. The van der Waals surface area contributed by atoms with Crippen LogP contribution >= 0.6 is 0 Å². The number of nitrogens with one attached hydrogen (secondary N) is 1. The Labute approximate surface area is 128 Å². The fraction of sp³-hybridized carbons (Fsp3) is 0.706. The molecular weight excluding hydrogens is 262 g/mol. The average molecular weight is 291 g/mol. The third-order valence-electron chi connectivity index (χ3n) is 3.88. The van der Waals surface area contributed by atoms with Crippen molar-refractivity contribution in [2.45, 2.75) is 33.2 Å². The van der Waals surface area contributed by atoms with Gasteiger partial charge in [0.1, 0.15) is 5.82 Å². The predicted molar refractivity (Wildman–Crippen MR) is 87.6 cm³/mol. The van der Waals surface area contributed by atoms with Crippen molar-refractivity contribution in [3.8, 4) is 0 Å². The summed E-state index contributed by atoms with van der Waals surface area (Å²) >= 11 is 0. The van der Waals surface area contributed by atoms with Gasteiger partial charge in [-0.15, -0.1) is 0 Å². The minimum absolute atomic E-state index is 0.627. The van der Waals surface area contributed by atoms with Crippen molar-refractivity contribution >= 4 is 5.82 Å². The average Bonchev–Trinajstić information content (AvgIpc) is 2.48. The third-order valence-corrected chi connectivity index (χ3v) is 3.88. The van der Waals surface area contributed by atoms with Gasteiger partial charge in [-0.3, -0.25) is 0 Å². The van der Waals surface area contributed by atoms with Crippen LogP contribution in [-0.4, -0.2) is 38.3 Å². The second-order valence-electron chi connectivity index (χ2n) is 6.47. The summed E-state index contributed by atoms with van der Waals surface area (Å²) in [6.45, 7) is 9.21. The van der Waals surface area contributed by atoms with Crippen molar-refractivity contribution in [3.05, 3.63) is 23.9 Å². The number of nitrogens with zero attached hydrogens (tertiary/aromatic N) is 2. The smallest absolute Gasteiger partial charge is 0.132 e. The van der Waals surface area contributed by atoms with Gasteiger partial charge in [-0.1, -0.05) is 19.9 Å². The Morgan fingerprint density at radius 2 is 2.33 bits per heavy atom. The highest BCUT2D eigenvalue weighted by Gasteiger charge is 2.18. The molecule has 1 aliphatic heterocycles. The van der Waals surface area contributed by atoms with E-state index in [-0.39, 0.29) is 0 Å². The maximum atomic E-state index is 5.58. The van der Waals surface area contributed by atoms with E-state index in [9.17, 15) is 0 Å². The molecule has 0 spiro atoms. The number of ether oxygens (including phenoxy) is 1. The number of hydrogen-bond donors (Lipinski definition) is 1. The molecule has 1 fully saturated rings. The minimum Gasteiger partial charge on any atom is -0.381 e. The highest BCUT2D eigenvalue weighted by Crippen LogP contribution is 2.20. The van der Waals surface area contributed by atoms with Crippen molar-refractivity contribution < 1.29 is 4.74 Å². The summed E-state index contributed by atoms with van der Waals surface area (Å²) in [4.78, 5) is 6.87. The zero-order valence-corrected chi connectivity index (χ0v) is 13.6. The molecule has 4 heteroatoms. The van der Waals surface area contributed by atoms with Gasteiger partial charge in [-0.05, 0) is 37.3 Å². The molecule has 1 unspecified atom stereocenters. The normalized spacial score (nSPS) is 19.0. The van der Waals surface area contributed by atoms with Crippen molar-refractivity contribution in [2.24, 2.45) is 11.8 Å². The lowest BCUT2D eigenvalue weighted by molar-refractivity contribution is 0.0576. The lowest BCUT2D eigenvalue weighted by atomic mass is 10.0. The first-order chi connectivity index (χ1) is 10.2. The van der Waals surface area contributed by atoms with E-state index in [2.05, 4.69) is 42.2 Å². The summed E-state index contributed by atoms with van der Waals surface area (Å²) in [7, 11) is 2.14. The fourth-order valence-corrected chi connectivity index (χ4v) is 2.83. The van der Waals surface area contributed by atoms with E-state index in [1.54, 1.807) is 0 Å². The van der Waals surface area contributed by atoms with Crippen molar-refractivity contribution in [2.75, 3.05) is 38.3 Å². The second kappa shape index (κ2) is 8.35. The molecule has 1 saturated heterocycles. The van der Waals surface area contributed by atoms with Gasteiger partial charge < -0.3 is 15.0 Å². The largest absolute Gasteiger partial charge is 0.381 e. The van der Waals surface area contributed by atoms with Crippen LogP contribution in [0.2, 0.25) is 0 Å². The first-order valence-corrected chi connectivity index (χ1v) is 8.10. The van der Waals surface area contributed by atoms with Gasteiger partial charge in [0.2, 0.25) is 0 Å². The predicted octanol–water partition coefficient (Wildman–Crippen LogP) is 2.69. The molecular formula is C17H29N3O. The maximum Gasteiger partial charge on any atom is 0.132 e. The topological polar surface area (TPSA) is 37.4 Å². The van der Waals surface area contributed by atoms with Gasteiger partial charge in [0.15, 0.2) is 0 Å². The lowest BCUT2D eigenvalue weighted by Crippen LogP contribution is -2.32. The molecule has 21 heavy (non-hydrogen) atoms. The molecule has 0 saturated carbocycles. The van der Waals surface area contributed by atoms with E-state index in [1.807, 2.05) is 12.3 Å². The van der Waals surface area contributed by atoms with Gasteiger partial charge in [-0.25, -0.2) is 4.98 Å². The van der Waals surface area contributed by atoms with Crippen LogP contribution in [-0.2, 0) is 11.3 Å². The molecule has 0 aromatic carbocycles. The molecule has 0 amide bonds. The molecule has 2 heterocycles. The molecule has 1 aliphatic rings. The molecule has 0 radical (unpaired) electrons. The summed E-state index contributed by atoms with van der Waals surface area (Å²) in [5.41, 5.74) is 1.28. The van der Waals surface area contributed by atoms with Crippen LogP contribution in [0.25, 0.3) is 0 Å². The van der Waals surface area contributed by atoms with Gasteiger partial charge in [0, 0.05) is 38.5 Å². The van der Waals surface area contributed by atoms with Crippen LogP contribution < -0.4 is 10.2 Å². The van der Waals surface area contributed by atoms with E-state index < -0.39 is 0 Å². The minimum atomic E-state index is 0.627. The van der Waals surface area contributed by atoms with Crippen LogP contribution in [0.5, 0.6) is 0 Å². The molecule has 1 N–H and O–H groups in total. The first-order valence-electron chi connectivity index (χ1n) is 8.10. The SMILES string of the molecule is CC(C)CNCc1cccnc1N(C)CC1CCCOC1. The van der Waals surface area contributed by atoms with Crippen LogP contribution in [0, 0.1) is 11.8 Å². The van der Waals surface area contributed by atoms with Crippen LogP contribution in [0.15, 0.2) is 18.3 Å². The van der Waals surface area contributed by atoms with Gasteiger partial charge >= 0.3 is 0 Å². The Morgan fingerprint density at radius 3 is 3.05 bits per heavy atom. The van der Waals surface area contributed by atoms with Crippen molar-refractivity contribution in [3.63, 3.8) is 0 Å². The van der Waals surface area contributed by atoms with Crippen molar-refractivity contribution in [1.82, 2.24) is 10.3 Å². The highest BCUT2D eigenvalue weighted by atomic mass is 16.5. The summed E-state index contributed by atoms with van der Waals surface area (Å²) in [5, 5.41) is 3.51. The molecule has 1 aromatic heterocycles. The zero-order valence-electron chi connectivity index (χ0n) is 13.6. The molecule has 118 valence electrons. The van der Waals surface area contributed by atoms with E-state index in [0.29, 0.717) is 11.8 Å². The molecule has 1 atom stereocenters. The lowest BCUT2D eigenvalue weighted by Gasteiger charge is -2.29. The van der Waals surface area contributed by atoms with Gasteiger partial charge in [0.25, 0.3) is 0 Å². The Bertz CT molecular complexity index is 416. The molecule has 0 aliphatic carbocycles. The molecule has 4 nitrogen and oxygen atoms in total. The fourth-order valence-electron chi connectivity index (χ4n) is 2.83. The summed E-state index contributed by atoms with van der Waals surface area (Å²) in [6, 6.07) is 4.19. The van der Waals surface area contributed by atoms with Gasteiger partial charge in [-0.2, -0.15) is 0 Å². The van der Waals surface area contributed by atoms with E-state index in [0.717, 1.165) is 38.7 Å². The second-order valence-corrected chi connectivity index (χ2v) is 6.47. The number of anilines is 1. The maximum absolute atomic E-state index is 5.58. The quantitative estimate of drug-likeness (QED) is 0.838. The van der Waals surface area contributed by atoms with E-state index in [4.69, 9.17) is 4.74 Å². The van der Waals surface area contributed by atoms with Crippen LogP contribution in [0.3, 0.4) is 0 Å². The van der Waals surface area contributed by atoms with E-state index in [1.165, 1.54) is 18.4 Å². The number of rotatable bonds is 7. The molecule has 1 aromatic rings. The number of aromatic nitrogens is 1. The Kier molecular flexibility index (Phi) is 6.46. The Hall–Kier alpha value is -1.13. The first kappa shape index (κ1) is 16.2. The molecule has 0 bridgehead atoms. The summed E-state index contributed by atoms with van der Waals surface area (Å²) < 4.78 is 5.58. The Morgan fingerprint density at radius 1 is 1.48 bits per heavy atom.